The number of benzene rings is 1. The summed E-state index contributed by atoms with van der Waals surface area (Å²) in [7, 11) is 0. The zero-order valence-corrected chi connectivity index (χ0v) is 12.8. The molecule has 0 bridgehead atoms. The molecule has 0 heterocycles. The molecule has 2 atom stereocenters. The van der Waals surface area contributed by atoms with Crippen LogP contribution >= 0.6 is 0 Å². The summed E-state index contributed by atoms with van der Waals surface area (Å²) in [6.45, 7) is 5.49. The van der Waals surface area contributed by atoms with Crippen molar-refractivity contribution in [3.63, 3.8) is 0 Å². The van der Waals surface area contributed by atoms with Gasteiger partial charge in [0.25, 0.3) is 0 Å². The van der Waals surface area contributed by atoms with Crippen molar-refractivity contribution in [2.24, 2.45) is 11.8 Å². The minimum absolute atomic E-state index is 0.296. The first-order chi connectivity index (χ1) is 9.87. The van der Waals surface area contributed by atoms with E-state index in [1.807, 2.05) is 39.0 Å². The van der Waals surface area contributed by atoms with Crippen LogP contribution < -0.4 is 4.74 Å². The lowest BCUT2D eigenvalue weighted by Gasteiger charge is -2.24. The Balaban J connectivity index is 2.01. The molecule has 1 aromatic carbocycles. The molecule has 0 N–H and O–H groups in total. The van der Waals surface area contributed by atoms with Gasteiger partial charge in [-0.3, -0.25) is 9.59 Å². The summed E-state index contributed by atoms with van der Waals surface area (Å²) < 4.78 is 10.8. The molecule has 1 aliphatic carbocycles. The molecule has 0 unspecified atom stereocenters. The van der Waals surface area contributed by atoms with Crippen molar-refractivity contribution in [3.05, 3.63) is 30.3 Å². The van der Waals surface area contributed by atoms with Gasteiger partial charge >= 0.3 is 11.9 Å². The third-order valence-corrected chi connectivity index (χ3v) is 3.49. The first kappa shape index (κ1) is 15.5. The molecular formula is C17H22O4. The number of esters is 2. The van der Waals surface area contributed by atoms with Crippen LogP contribution in [-0.2, 0) is 14.3 Å². The van der Waals surface area contributed by atoms with Gasteiger partial charge in [-0.25, -0.2) is 0 Å². The van der Waals surface area contributed by atoms with E-state index in [4.69, 9.17) is 9.47 Å². The molecule has 1 aliphatic rings. The van der Waals surface area contributed by atoms with Gasteiger partial charge in [-0.15, -0.1) is 0 Å². The van der Waals surface area contributed by atoms with Crippen molar-refractivity contribution < 1.29 is 19.1 Å². The van der Waals surface area contributed by atoms with Crippen LogP contribution in [0.2, 0.25) is 0 Å². The van der Waals surface area contributed by atoms with Gasteiger partial charge in [0.2, 0.25) is 0 Å². The Kier molecular flexibility index (Phi) is 4.66. The number of para-hydroxylation sites is 1. The predicted molar refractivity (Wildman–Crippen MR) is 78.8 cm³/mol. The molecule has 1 fully saturated rings. The van der Waals surface area contributed by atoms with E-state index in [0.29, 0.717) is 18.6 Å². The second-order valence-electron chi connectivity index (χ2n) is 6.41. The summed E-state index contributed by atoms with van der Waals surface area (Å²) in [5, 5.41) is 0. The lowest BCUT2D eigenvalue weighted by Crippen LogP contribution is -2.34. The molecular weight excluding hydrogens is 268 g/mol. The SMILES string of the molecule is CC(C)(C)OC(=O)[C@H]1CCC[C@H]1C(=O)Oc1ccccc1. The fourth-order valence-electron chi connectivity index (χ4n) is 2.58. The molecule has 0 aromatic heterocycles. The monoisotopic (exact) mass is 290 g/mol. The van der Waals surface area contributed by atoms with Crippen LogP contribution in [0.4, 0.5) is 0 Å². The molecule has 1 aromatic rings. The maximum absolute atomic E-state index is 12.3. The Hall–Kier alpha value is -1.84. The Morgan fingerprint density at radius 1 is 1.00 bits per heavy atom. The van der Waals surface area contributed by atoms with Crippen molar-refractivity contribution in [1.29, 1.82) is 0 Å². The van der Waals surface area contributed by atoms with Crippen LogP contribution in [0.1, 0.15) is 40.0 Å². The molecule has 0 amide bonds. The quantitative estimate of drug-likeness (QED) is 0.633. The number of hydrogen-bond donors (Lipinski definition) is 0. The highest BCUT2D eigenvalue weighted by atomic mass is 16.6. The van der Waals surface area contributed by atoms with Crippen molar-refractivity contribution in [1.82, 2.24) is 0 Å². The summed E-state index contributed by atoms with van der Waals surface area (Å²) in [6.07, 6.45) is 2.21. The second kappa shape index (κ2) is 6.29. The van der Waals surface area contributed by atoms with Crippen LogP contribution in [0.25, 0.3) is 0 Å². The van der Waals surface area contributed by atoms with Crippen LogP contribution in [0.3, 0.4) is 0 Å². The first-order valence-corrected chi connectivity index (χ1v) is 7.36. The summed E-state index contributed by atoms with van der Waals surface area (Å²) in [5.41, 5.74) is -0.534. The first-order valence-electron chi connectivity index (χ1n) is 7.36. The van der Waals surface area contributed by atoms with Crippen molar-refractivity contribution in [3.8, 4) is 5.75 Å². The molecule has 4 heteroatoms. The van der Waals surface area contributed by atoms with Gasteiger partial charge in [-0.2, -0.15) is 0 Å². The summed E-state index contributed by atoms with van der Waals surface area (Å²) >= 11 is 0. The minimum Gasteiger partial charge on any atom is -0.460 e. The smallest absolute Gasteiger partial charge is 0.315 e. The standard InChI is InChI=1S/C17H22O4/c1-17(2,3)21-16(19)14-11-7-10-13(14)15(18)20-12-8-5-4-6-9-12/h4-6,8-9,13-14H,7,10-11H2,1-3H3/t13-,14+/m1/s1. The second-order valence-corrected chi connectivity index (χ2v) is 6.41. The maximum Gasteiger partial charge on any atom is 0.315 e. The van der Waals surface area contributed by atoms with E-state index in [0.717, 1.165) is 6.42 Å². The largest absolute Gasteiger partial charge is 0.460 e. The highest BCUT2D eigenvalue weighted by molar-refractivity contribution is 5.84. The number of ether oxygens (including phenoxy) is 2. The van der Waals surface area contributed by atoms with Gasteiger partial charge in [-0.05, 0) is 45.7 Å². The van der Waals surface area contributed by atoms with E-state index in [2.05, 4.69) is 0 Å². The lowest BCUT2D eigenvalue weighted by atomic mass is 9.96. The van der Waals surface area contributed by atoms with Crippen molar-refractivity contribution in [2.75, 3.05) is 0 Å². The molecule has 1 saturated carbocycles. The van der Waals surface area contributed by atoms with Crippen LogP contribution in [0, 0.1) is 11.8 Å². The number of carbonyl (C=O) groups excluding carboxylic acids is 2. The summed E-state index contributed by atoms with van der Waals surface area (Å²) in [5.74, 6) is -0.914. The van der Waals surface area contributed by atoms with E-state index in [1.165, 1.54) is 0 Å². The number of hydrogen-bond acceptors (Lipinski definition) is 4. The van der Waals surface area contributed by atoms with Gasteiger partial charge in [0.1, 0.15) is 11.4 Å². The minimum atomic E-state index is -0.534. The molecule has 2 rings (SSSR count). The molecule has 4 nitrogen and oxygen atoms in total. The summed E-state index contributed by atoms with van der Waals surface area (Å²) in [4.78, 5) is 24.5. The van der Waals surface area contributed by atoms with Gasteiger partial charge in [0.15, 0.2) is 0 Å². The fraction of sp³-hybridized carbons (Fsp3) is 0.529. The van der Waals surface area contributed by atoms with Crippen LogP contribution in [0.15, 0.2) is 30.3 Å². The predicted octanol–water partition coefficient (Wildman–Crippen LogP) is 3.35. The Morgan fingerprint density at radius 3 is 2.14 bits per heavy atom. The Bertz CT molecular complexity index is 501. The topological polar surface area (TPSA) is 52.6 Å². The molecule has 114 valence electrons. The average molecular weight is 290 g/mol. The van der Waals surface area contributed by atoms with E-state index in [-0.39, 0.29) is 17.9 Å². The van der Waals surface area contributed by atoms with E-state index < -0.39 is 11.5 Å². The van der Waals surface area contributed by atoms with E-state index in [9.17, 15) is 9.59 Å². The van der Waals surface area contributed by atoms with Crippen LogP contribution in [0.5, 0.6) is 5.75 Å². The molecule has 0 spiro atoms. The molecule has 0 aliphatic heterocycles. The van der Waals surface area contributed by atoms with Crippen LogP contribution in [-0.4, -0.2) is 17.5 Å². The summed E-state index contributed by atoms with van der Waals surface area (Å²) in [6, 6.07) is 8.94. The number of carbonyl (C=O) groups is 2. The zero-order chi connectivity index (χ0) is 15.5. The van der Waals surface area contributed by atoms with Crippen molar-refractivity contribution in [2.45, 2.75) is 45.6 Å². The lowest BCUT2D eigenvalue weighted by molar-refractivity contribution is -0.164. The van der Waals surface area contributed by atoms with Gasteiger partial charge in [-0.1, -0.05) is 24.6 Å². The molecule has 21 heavy (non-hydrogen) atoms. The normalized spacial score (nSPS) is 21.9. The third kappa shape index (κ3) is 4.31. The van der Waals surface area contributed by atoms with Crippen molar-refractivity contribution >= 4 is 11.9 Å². The average Bonchev–Trinajstić information content (AvgIpc) is 2.87. The van der Waals surface area contributed by atoms with Gasteiger partial charge in [0, 0.05) is 0 Å². The highest BCUT2D eigenvalue weighted by Crippen LogP contribution is 2.34. The third-order valence-electron chi connectivity index (χ3n) is 3.49. The van der Waals surface area contributed by atoms with E-state index in [1.54, 1.807) is 12.1 Å². The van der Waals surface area contributed by atoms with Gasteiger partial charge in [0.05, 0.1) is 11.8 Å². The number of rotatable bonds is 3. The van der Waals surface area contributed by atoms with E-state index >= 15 is 0 Å². The Labute approximate surface area is 125 Å². The fourth-order valence-corrected chi connectivity index (χ4v) is 2.58. The molecule has 0 radical (unpaired) electrons. The zero-order valence-electron chi connectivity index (χ0n) is 12.8. The highest BCUT2D eigenvalue weighted by Gasteiger charge is 2.41. The maximum atomic E-state index is 12.3. The molecule has 0 saturated heterocycles. The Morgan fingerprint density at radius 2 is 1.57 bits per heavy atom. The van der Waals surface area contributed by atoms with Gasteiger partial charge < -0.3 is 9.47 Å².